The van der Waals surface area contributed by atoms with E-state index in [-0.39, 0.29) is 18.6 Å². The molecule has 0 radical (unpaired) electrons. The Morgan fingerprint density at radius 2 is 1.82 bits per heavy atom. The quantitative estimate of drug-likeness (QED) is 0.306. The number of carboxylic acids is 2. The van der Waals surface area contributed by atoms with E-state index in [9.17, 15) is 9.59 Å². The fraction of sp³-hybridized carbons (Fsp3) is 0.636. The lowest BCUT2D eigenvalue weighted by atomic mass is 9.98. The molecule has 98 valence electrons. The van der Waals surface area contributed by atoms with E-state index in [1.165, 1.54) is 0 Å². The molecule has 1 unspecified atom stereocenters. The van der Waals surface area contributed by atoms with Crippen molar-refractivity contribution in [3.63, 3.8) is 0 Å². The molecule has 0 bridgehead atoms. The zero-order valence-corrected chi connectivity index (χ0v) is 10.2. The second-order valence-electron chi connectivity index (χ2n) is 4.53. The molecule has 1 atom stereocenters. The van der Waals surface area contributed by atoms with E-state index >= 15 is 0 Å². The first-order valence-corrected chi connectivity index (χ1v) is 5.10. The lowest BCUT2D eigenvalue weighted by molar-refractivity contribution is -0.349. The molecule has 0 saturated carbocycles. The van der Waals surface area contributed by atoms with Crippen LogP contribution in [-0.2, 0) is 19.4 Å². The molecule has 0 fully saturated rings. The van der Waals surface area contributed by atoms with Gasteiger partial charge in [0.2, 0.25) is 0 Å². The van der Waals surface area contributed by atoms with E-state index < -0.39 is 23.5 Å². The normalized spacial score (nSPS) is 13.1. The van der Waals surface area contributed by atoms with Gasteiger partial charge in [-0.05, 0) is 27.2 Å². The third kappa shape index (κ3) is 6.70. The molecule has 17 heavy (non-hydrogen) atoms. The van der Waals surface area contributed by atoms with E-state index in [1.807, 2.05) is 0 Å². The van der Waals surface area contributed by atoms with Gasteiger partial charge in [0.1, 0.15) is 0 Å². The summed E-state index contributed by atoms with van der Waals surface area (Å²) in [5.41, 5.74) is -0.862. The fourth-order valence-electron chi connectivity index (χ4n) is 0.980. The molecule has 6 nitrogen and oxygen atoms in total. The minimum Gasteiger partial charge on any atom is -0.481 e. The van der Waals surface area contributed by atoms with Gasteiger partial charge in [-0.2, -0.15) is 0 Å². The zero-order valence-electron chi connectivity index (χ0n) is 10.2. The highest BCUT2D eigenvalue weighted by Gasteiger charge is 2.25. The maximum atomic E-state index is 10.8. The van der Waals surface area contributed by atoms with Gasteiger partial charge in [-0.15, -0.1) is 0 Å². The van der Waals surface area contributed by atoms with Crippen LogP contribution in [-0.4, -0.2) is 34.4 Å². The van der Waals surface area contributed by atoms with Crippen molar-refractivity contribution >= 4 is 11.9 Å². The summed E-state index contributed by atoms with van der Waals surface area (Å²) in [6, 6.07) is 0. The van der Waals surface area contributed by atoms with Gasteiger partial charge in [0, 0.05) is 5.57 Å². The molecular formula is C11H18O6. The van der Waals surface area contributed by atoms with E-state index in [0.717, 1.165) is 0 Å². The summed E-state index contributed by atoms with van der Waals surface area (Å²) in [6.45, 7) is 8.54. The van der Waals surface area contributed by atoms with Gasteiger partial charge >= 0.3 is 11.9 Å². The largest absolute Gasteiger partial charge is 0.481 e. The third-order valence-corrected chi connectivity index (χ3v) is 1.79. The molecule has 0 aromatic heterocycles. The predicted octanol–water partition coefficient (Wildman–Crippen LogP) is 1.46. The third-order valence-electron chi connectivity index (χ3n) is 1.79. The SMILES string of the molecule is C=C(C(=O)O)C(CCOOC(C)(C)C)C(=O)O. The van der Waals surface area contributed by atoms with Crippen molar-refractivity contribution in [3.05, 3.63) is 12.2 Å². The fourth-order valence-corrected chi connectivity index (χ4v) is 0.980. The Bertz CT molecular complexity index is 302. The molecule has 0 aliphatic carbocycles. The van der Waals surface area contributed by atoms with Crippen LogP contribution < -0.4 is 0 Å². The molecule has 0 aliphatic rings. The highest BCUT2D eigenvalue weighted by Crippen LogP contribution is 2.15. The van der Waals surface area contributed by atoms with Gasteiger partial charge < -0.3 is 10.2 Å². The van der Waals surface area contributed by atoms with E-state index in [0.29, 0.717) is 0 Å². The molecule has 0 heterocycles. The summed E-state index contributed by atoms with van der Waals surface area (Å²) < 4.78 is 0. The van der Waals surface area contributed by atoms with Crippen molar-refractivity contribution in [2.75, 3.05) is 6.61 Å². The molecule has 0 spiro atoms. The lowest BCUT2D eigenvalue weighted by Gasteiger charge is -2.18. The Morgan fingerprint density at radius 3 is 2.18 bits per heavy atom. The zero-order chi connectivity index (χ0) is 13.6. The molecular weight excluding hydrogens is 228 g/mol. The summed E-state index contributed by atoms with van der Waals surface area (Å²) in [7, 11) is 0. The van der Waals surface area contributed by atoms with Crippen LogP contribution in [0.3, 0.4) is 0 Å². The molecule has 0 aromatic rings. The minimum absolute atomic E-state index is 0.00343. The number of hydrogen-bond donors (Lipinski definition) is 2. The van der Waals surface area contributed by atoms with Crippen molar-refractivity contribution in [2.24, 2.45) is 5.92 Å². The van der Waals surface area contributed by atoms with E-state index in [2.05, 4.69) is 6.58 Å². The number of carbonyl (C=O) groups is 2. The summed E-state index contributed by atoms with van der Waals surface area (Å²) in [6.07, 6.45) is -0.00343. The highest BCUT2D eigenvalue weighted by atomic mass is 17.2. The summed E-state index contributed by atoms with van der Waals surface area (Å²) in [4.78, 5) is 31.2. The number of carboxylic acid groups (broad SMARTS) is 2. The average Bonchev–Trinajstić information content (AvgIpc) is 2.14. The Kier molecular flexibility index (Phi) is 5.84. The molecule has 2 N–H and O–H groups in total. The number of hydrogen-bond acceptors (Lipinski definition) is 4. The molecule has 0 amide bonds. The number of rotatable bonds is 7. The van der Waals surface area contributed by atoms with Crippen LogP contribution in [0.4, 0.5) is 0 Å². The first kappa shape index (κ1) is 15.6. The van der Waals surface area contributed by atoms with Crippen molar-refractivity contribution in [2.45, 2.75) is 32.8 Å². The standard InChI is InChI=1S/C11H18O6/c1-7(9(12)13)8(10(14)15)5-6-16-17-11(2,3)4/h8H,1,5-6H2,2-4H3,(H,12,13)(H,14,15). The topological polar surface area (TPSA) is 93.1 Å². The predicted molar refractivity (Wildman–Crippen MR) is 59.3 cm³/mol. The Balaban J connectivity index is 4.17. The lowest BCUT2D eigenvalue weighted by Crippen LogP contribution is -2.24. The van der Waals surface area contributed by atoms with Crippen LogP contribution in [0.25, 0.3) is 0 Å². The van der Waals surface area contributed by atoms with Gasteiger partial charge in [0.05, 0.1) is 18.1 Å². The Hall–Kier alpha value is -1.40. The van der Waals surface area contributed by atoms with Crippen molar-refractivity contribution < 1.29 is 29.6 Å². The van der Waals surface area contributed by atoms with Gasteiger partial charge in [-0.1, -0.05) is 6.58 Å². The van der Waals surface area contributed by atoms with Gasteiger partial charge in [-0.25, -0.2) is 14.6 Å². The van der Waals surface area contributed by atoms with Crippen LogP contribution in [0.15, 0.2) is 12.2 Å². The molecule has 0 aromatic carbocycles. The van der Waals surface area contributed by atoms with Crippen LogP contribution >= 0.6 is 0 Å². The highest BCUT2D eigenvalue weighted by molar-refractivity contribution is 5.93. The second-order valence-corrected chi connectivity index (χ2v) is 4.53. The van der Waals surface area contributed by atoms with Gasteiger partial charge in [-0.3, -0.25) is 4.79 Å². The molecule has 0 saturated heterocycles. The molecule has 0 rings (SSSR count). The Morgan fingerprint density at radius 1 is 1.29 bits per heavy atom. The summed E-state index contributed by atoms with van der Waals surface area (Å²) in [5.74, 6) is -3.73. The van der Waals surface area contributed by atoms with E-state index in [1.54, 1.807) is 20.8 Å². The molecule has 6 heteroatoms. The number of aliphatic carboxylic acids is 2. The van der Waals surface area contributed by atoms with Crippen molar-refractivity contribution in [1.82, 2.24) is 0 Å². The molecule has 0 aliphatic heterocycles. The van der Waals surface area contributed by atoms with Crippen LogP contribution in [0.5, 0.6) is 0 Å². The average molecular weight is 246 g/mol. The first-order chi connectivity index (χ1) is 7.65. The Labute approximate surface area is 99.8 Å². The van der Waals surface area contributed by atoms with Gasteiger partial charge in [0.25, 0.3) is 0 Å². The van der Waals surface area contributed by atoms with Crippen molar-refractivity contribution in [3.8, 4) is 0 Å². The van der Waals surface area contributed by atoms with Crippen LogP contribution in [0, 0.1) is 5.92 Å². The smallest absolute Gasteiger partial charge is 0.331 e. The summed E-state index contributed by atoms with van der Waals surface area (Å²) in [5, 5.41) is 17.5. The first-order valence-electron chi connectivity index (χ1n) is 5.10. The monoisotopic (exact) mass is 246 g/mol. The van der Waals surface area contributed by atoms with Gasteiger partial charge in [0.15, 0.2) is 0 Å². The minimum atomic E-state index is -1.32. The van der Waals surface area contributed by atoms with Crippen molar-refractivity contribution in [1.29, 1.82) is 0 Å². The maximum absolute atomic E-state index is 10.8. The van der Waals surface area contributed by atoms with E-state index in [4.69, 9.17) is 20.0 Å². The summed E-state index contributed by atoms with van der Waals surface area (Å²) >= 11 is 0. The van der Waals surface area contributed by atoms with Crippen LogP contribution in [0.2, 0.25) is 0 Å². The maximum Gasteiger partial charge on any atom is 0.331 e. The van der Waals surface area contributed by atoms with Crippen LogP contribution in [0.1, 0.15) is 27.2 Å². The second kappa shape index (κ2) is 6.36.